The average Bonchev–Trinajstić information content (AvgIpc) is 2.12. The molecule has 1 heterocycles. The molecule has 0 bridgehead atoms. The van der Waals surface area contributed by atoms with Crippen molar-refractivity contribution in [2.75, 3.05) is 13.1 Å². The Kier molecular flexibility index (Phi) is 2.04. The van der Waals surface area contributed by atoms with Crippen LogP contribution in [0.3, 0.4) is 0 Å². The third-order valence-electron chi connectivity index (χ3n) is 0.618. The van der Waals surface area contributed by atoms with E-state index < -0.39 is 23.2 Å². The van der Waals surface area contributed by atoms with E-state index in [0.29, 0.717) is 0 Å². The van der Waals surface area contributed by atoms with Crippen LogP contribution in [0.1, 0.15) is 0 Å². The normalized spacial score (nSPS) is 23.8. The second-order valence-electron chi connectivity index (χ2n) is 1.16. The van der Waals surface area contributed by atoms with Crippen molar-refractivity contribution in [2.45, 2.75) is 0 Å². The van der Waals surface area contributed by atoms with Crippen molar-refractivity contribution in [3.63, 3.8) is 0 Å². The molecule has 1 fully saturated rings. The van der Waals surface area contributed by atoms with Crippen LogP contribution in [0.15, 0.2) is 0 Å². The molecule has 52 valence electrons. The van der Waals surface area contributed by atoms with Crippen molar-refractivity contribution >= 4 is 4.19 Å². The number of carboxylic acid groups (broad SMARTS) is 1. The van der Waals surface area contributed by atoms with E-state index in [4.69, 9.17) is 5.11 Å². The van der Waals surface area contributed by atoms with E-state index in [1.54, 1.807) is 0 Å². The van der Waals surface area contributed by atoms with Crippen LogP contribution in [-0.4, -0.2) is 22.4 Å². The molecule has 4 nitrogen and oxygen atoms in total. The molecular weight excluding hydrogens is 204 g/mol. The van der Waals surface area contributed by atoms with Gasteiger partial charge in [-0.1, -0.05) is 0 Å². The number of nitrogens with one attached hydrogen (secondary N) is 2. The zero-order chi connectivity index (χ0) is 5.98. The Balaban J connectivity index is 2.35. The Morgan fingerprint density at radius 3 is 2.25 bits per heavy atom. The van der Waals surface area contributed by atoms with Gasteiger partial charge in [-0.15, -0.1) is 0 Å². The second-order valence-corrected chi connectivity index (χ2v) is 3.95. The minimum absolute atomic E-state index is 0.728. The van der Waals surface area contributed by atoms with Crippen LogP contribution in [0.25, 0.3) is 0 Å². The zero-order valence-corrected chi connectivity index (χ0v) is 5.55. The monoisotopic (exact) mass is 210 g/mol. The number of rotatable bonds is 1. The van der Waals surface area contributed by atoms with Gasteiger partial charge in [0.2, 0.25) is 0 Å². The van der Waals surface area contributed by atoms with Gasteiger partial charge in [-0.2, -0.15) is 0 Å². The summed E-state index contributed by atoms with van der Waals surface area (Å²) in [4.78, 5) is 10.1. The fraction of sp³-hybridized carbons (Fsp3) is 0.667. The summed E-state index contributed by atoms with van der Waals surface area (Å²) in [6.45, 7) is 1.59. The topological polar surface area (TPSA) is 61.4 Å². The van der Waals surface area contributed by atoms with E-state index in [0.717, 1.165) is 13.1 Å². The first-order valence-corrected chi connectivity index (χ1v) is 4.31. The number of hydrogen-bond acceptors (Lipinski definition) is 3. The Bertz CT molecular complexity index is 101. The van der Waals surface area contributed by atoms with E-state index in [9.17, 15) is 4.79 Å². The van der Waals surface area contributed by atoms with Crippen molar-refractivity contribution in [3.05, 3.63) is 0 Å². The Morgan fingerprint density at radius 1 is 1.50 bits per heavy atom. The van der Waals surface area contributed by atoms with E-state index in [1.165, 1.54) is 0 Å². The van der Waals surface area contributed by atoms with Gasteiger partial charge in [0.1, 0.15) is 0 Å². The molecule has 0 aromatic rings. The summed E-state index contributed by atoms with van der Waals surface area (Å²) >= 11 is -1.43. The summed E-state index contributed by atoms with van der Waals surface area (Å²) in [5.41, 5.74) is 0. The van der Waals surface area contributed by atoms with Crippen molar-refractivity contribution in [3.8, 4) is 0 Å². The molecule has 0 aromatic heterocycles. The van der Waals surface area contributed by atoms with E-state index in [1.807, 2.05) is 0 Å². The first-order chi connectivity index (χ1) is 3.80. The first kappa shape index (κ1) is 6.25. The molecule has 0 spiro atoms. The molecule has 0 aromatic carbocycles. The fourth-order valence-electron chi connectivity index (χ4n) is 0.355. The summed E-state index contributed by atoms with van der Waals surface area (Å²) in [6.07, 6.45) is 0. The van der Waals surface area contributed by atoms with Crippen LogP contribution in [-0.2, 0) is 19.0 Å². The molecule has 0 aliphatic carbocycles. The van der Waals surface area contributed by atoms with Gasteiger partial charge in [-0.25, -0.2) is 0 Å². The summed E-state index contributed by atoms with van der Waals surface area (Å²) in [7, 11) is 0. The van der Waals surface area contributed by atoms with Crippen molar-refractivity contribution < 1.29 is 28.9 Å². The predicted octanol–water partition coefficient (Wildman–Crippen LogP) is -0.695. The van der Waals surface area contributed by atoms with Crippen LogP contribution in [0.2, 0.25) is 0 Å². The van der Waals surface area contributed by atoms with Gasteiger partial charge in [-0.3, -0.25) is 0 Å². The van der Waals surface area contributed by atoms with Gasteiger partial charge >= 0.3 is 53.6 Å². The van der Waals surface area contributed by atoms with Crippen LogP contribution in [0, 0.1) is 0 Å². The Hall–Kier alpha value is 0.130. The maximum absolute atomic E-state index is 10.1. The van der Waals surface area contributed by atoms with Crippen molar-refractivity contribution in [2.24, 2.45) is 0 Å². The van der Waals surface area contributed by atoms with Crippen LogP contribution < -0.4 is 7.44 Å². The van der Waals surface area contributed by atoms with Gasteiger partial charge in [0.25, 0.3) is 0 Å². The van der Waals surface area contributed by atoms with E-state index in [-0.39, 0.29) is 0 Å². The third-order valence-corrected chi connectivity index (χ3v) is 3.04. The standard InChI is InChI=1S/C2H6N2.CHO2.Ag/c3-1-2-4;2-1-3;/h3-4H,1-2H2;(H,2,3);/q-2;;+2. The molecule has 3 N–H and O–H groups in total. The Morgan fingerprint density at radius 2 is 2.00 bits per heavy atom. The molecule has 1 aliphatic heterocycles. The SMILES string of the molecule is O=[C](O)[Ag]1[NH]CC[NH]1. The zero-order valence-electron chi connectivity index (χ0n) is 4.07. The van der Waals surface area contributed by atoms with Gasteiger partial charge < -0.3 is 0 Å². The molecule has 1 saturated heterocycles. The summed E-state index contributed by atoms with van der Waals surface area (Å²) < 4.78 is 4.97. The van der Waals surface area contributed by atoms with Crippen molar-refractivity contribution in [1.29, 1.82) is 0 Å². The van der Waals surface area contributed by atoms with Gasteiger partial charge in [0, 0.05) is 0 Å². The molecule has 1 rings (SSSR count). The van der Waals surface area contributed by atoms with Gasteiger partial charge in [0.05, 0.1) is 0 Å². The minimum atomic E-state index is -1.43. The first-order valence-electron chi connectivity index (χ1n) is 2.09. The second kappa shape index (κ2) is 2.61. The molecule has 0 saturated carbocycles. The summed E-state index contributed by atoms with van der Waals surface area (Å²) in [5, 5.41) is 8.33. The maximum atomic E-state index is 10.1. The number of carbonyl (C=O) groups is 1. The van der Waals surface area contributed by atoms with Crippen LogP contribution in [0.4, 0.5) is 4.79 Å². The average molecular weight is 211 g/mol. The quantitative estimate of drug-likeness (QED) is 0.502. The van der Waals surface area contributed by atoms with Crippen LogP contribution >= 0.6 is 0 Å². The molecule has 0 amide bonds. The molecule has 1 aliphatic rings. The third kappa shape index (κ3) is 1.30. The predicted molar refractivity (Wildman–Crippen MR) is 24.0 cm³/mol. The van der Waals surface area contributed by atoms with Crippen molar-refractivity contribution in [1.82, 2.24) is 7.44 Å². The molecule has 0 atom stereocenters. The summed E-state index contributed by atoms with van der Waals surface area (Å²) in [5.74, 6) is 0. The van der Waals surface area contributed by atoms with Gasteiger partial charge in [0.15, 0.2) is 0 Å². The molecule has 5 heteroatoms. The van der Waals surface area contributed by atoms with Gasteiger partial charge in [-0.05, 0) is 0 Å². The molecule has 8 heavy (non-hydrogen) atoms. The fourth-order valence-corrected chi connectivity index (χ4v) is 2.10. The molecule has 0 radical (unpaired) electrons. The molecule has 0 unspecified atom stereocenters. The summed E-state index contributed by atoms with van der Waals surface area (Å²) in [6, 6.07) is 0. The van der Waals surface area contributed by atoms with E-state index in [2.05, 4.69) is 7.44 Å². The Labute approximate surface area is 54.0 Å². The molecular formula is C3H7AgN2O2. The van der Waals surface area contributed by atoms with Crippen LogP contribution in [0.5, 0.6) is 0 Å². The van der Waals surface area contributed by atoms with E-state index >= 15 is 0 Å². The number of hydrogen-bond donors (Lipinski definition) is 3.